The van der Waals surface area contributed by atoms with Crippen LogP contribution in [-0.2, 0) is 36.8 Å². The zero-order valence-corrected chi connectivity index (χ0v) is 25.9. The first-order chi connectivity index (χ1) is 20.9. The number of carbonyl (C=O) groups is 3. The van der Waals surface area contributed by atoms with Gasteiger partial charge in [-0.3, -0.25) is 4.79 Å². The summed E-state index contributed by atoms with van der Waals surface area (Å²) in [6.07, 6.45) is 3.95. The zero-order valence-electron chi connectivity index (χ0n) is 25.9. The molecule has 2 aromatic carbocycles. The molecule has 2 aliphatic heterocycles. The summed E-state index contributed by atoms with van der Waals surface area (Å²) in [7, 11) is 0. The molecule has 0 atom stereocenters. The molecule has 4 rings (SSSR count). The summed E-state index contributed by atoms with van der Waals surface area (Å²) in [5, 5.41) is 14.8. The molecule has 2 heterocycles. The molecule has 0 aliphatic carbocycles. The largest absolute Gasteiger partial charge is 0.493 e. The Morgan fingerprint density at radius 3 is 2.09 bits per heavy atom. The SMILES string of the molecule is CC(C)COc1ccc(CC(=O)N(Cc2ccc(F)cc2)C2CCN(CCC3(C)OCCCO3)CC2)cc1.O=C(O)C(=O)O. The Bertz CT molecular complexity index is 1180. The van der Waals surface area contributed by atoms with E-state index in [1.165, 1.54) is 12.1 Å². The molecule has 0 radical (unpaired) electrons. The second-order valence-corrected chi connectivity index (χ2v) is 11.8. The number of aliphatic carboxylic acids is 2. The van der Waals surface area contributed by atoms with Crippen LogP contribution >= 0.6 is 0 Å². The second kappa shape index (κ2) is 17.1. The van der Waals surface area contributed by atoms with E-state index in [9.17, 15) is 9.18 Å². The number of amides is 1. The molecule has 0 bridgehead atoms. The van der Waals surface area contributed by atoms with E-state index in [0.29, 0.717) is 25.5 Å². The predicted octanol–water partition coefficient (Wildman–Crippen LogP) is 4.60. The Morgan fingerprint density at radius 2 is 1.55 bits per heavy atom. The first-order valence-corrected chi connectivity index (χ1v) is 15.2. The van der Waals surface area contributed by atoms with Crippen LogP contribution in [0.1, 0.15) is 57.6 Å². The third-order valence-corrected chi connectivity index (χ3v) is 7.61. The number of piperidine rings is 1. The number of likely N-dealkylation sites (tertiary alicyclic amines) is 1. The second-order valence-electron chi connectivity index (χ2n) is 11.8. The number of hydrogen-bond acceptors (Lipinski definition) is 7. The highest BCUT2D eigenvalue weighted by atomic mass is 19.1. The summed E-state index contributed by atoms with van der Waals surface area (Å²) in [6.45, 7) is 11.7. The van der Waals surface area contributed by atoms with Gasteiger partial charge in [0.2, 0.25) is 5.91 Å². The van der Waals surface area contributed by atoms with Gasteiger partial charge in [0, 0.05) is 38.6 Å². The fourth-order valence-electron chi connectivity index (χ4n) is 5.09. The van der Waals surface area contributed by atoms with E-state index in [2.05, 4.69) is 18.7 Å². The van der Waals surface area contributed by atoms with Gasteiger partial charge in [-0.1, -0.05) is 38.1 Å². The van der Waals surface area contributed by atoms with E-state index in [4.69, 9.17) is 34.0 Å². The molecule has 11 heteroatoms. The molecule has 242 valence electrons. The summed E-state index contributed by atoms with van der Waals surface area (Å²) in [4.78, 5) is 36.3. The van der Waals surface area contributed by atoms with Crippen molar-refractivity contribution in [1.82, 2.24) is 9.80 Å². The van der Waals surface area contributed by atoms with Crippen molar-refractivity contribution >= 4 is 17.8 Å². The van der Waals surface area contributed by atoms with Crippen LogP contribution in [0.3, 0.4) is 0 Å². The Morgan fingerprint density at radius 1 is 0.977 bits per heavy atom. The number of carboxylic acids is 2. The maximum atomic E-state index is 13.6. The van der Waals surface area contributed by atoms with Crippen LogP contribution in [0.5, 0.6) is 5.75 Å². The van der Waals surface area contributed by atoms with Crippen LogP contribution in [0.25, 0.3) is 0 Å². The summed E-state index contributed by atoms with van der Waals surface area (Å²) in [5.41, 5.74) is 1.91. The minimum absolute atomic E-state index is 0.0974. The maximum Gasteiger partial charge on any atom is 0.414 e. The van der Waals surface area contributed by atoms with Crippen molar-refractivity contribution in [3.8, 4) is 5.75 Å². The van der Waals surface area contributed by atoms with E-state index in [-0.39, 0.29) is 17.8 Å². The van der Waals surface area contributed by atoms with Crippen molar-refractivity contribution in [2.45, 2.75) is 71.2 Å². The van der Waals surface area contributed by atoms with E-state index in [1.807, 2.05) is 36.1 Å². The monoisotopic (exact) mass is 616 g/mol. The number of hydrogen-bond donors (Lipinski definition) is 2. The molecular weight excluding hydrogens is 571 g/mol. The van der Waals surface area contributed by atoms with Crippen LogP contribution in [0.2, 0.25) is 0 Å². The summed E-state index contributed by atoms with van der Waals surface area (Å²) in [6, 6.07) is 14.5. The number of rotatable bonds is 11. The third kappa shape index (κ3) is 11.9. The van der Waals surface area contributed by atoms with E-state index in [0.717, 1.165) is 75.4 Å². The van der Waals surface area contributed by atoms with Gasteiger partial charge in [-0.2, -0.15) is 0 Å². The molecule has 2 fully saturated rings. The minimum Gasteiger partial charge on any atom is -0.493 e. The molecule has 2 aromatic rings. The highest BCUT2D eigenvalue weighted by molar-refractivity contribution is 6.27. The zero-order chi connectivity index (χ0) is 32.1. The van der Waals surface area contributed by atoms with E-state index < -0.39 is 17.7 Å². The molecule has 2 N–H and O–H groups in total. The highest BCUT2D eigenvalue weighted by Gasteiger charge is 2.32. The van der Waals surface area contributed by atoms with Crippen LogP contribution in [0, 0.1) is 11.7 Å². The van der Waals surface area contributed by atoms with Crippen molar-refractivity contribution in [2.75, 3.05) is 39.5 Å². The molecular formula is C33H45FN2O8. The van der Waals surface area contributed by atoms with Gasteiger partial charge < -0.3 is 34.2 Å². The lowest BCUT2D eigenvalue weighted by atomic mass is 10.00. The van der Waals surface area contributed by atoms with Gasteiger partial charge >= 0.3 is 11.9 Å². The standard InChI is InChI=1S/C31H43FN2O4.C2H2O4/c1-24(2)23-36-29-11-7-25(8-12-29)21-30(35)34(22-26-5-9-27(32)10-6-26)28-13-16-33(17-14-28)18-15-31(3)37-19-4-20-38-31;3-1(4)2(5)6/h5-12,24,28H,4,13-23H2,1-3H3;(H,3,4)(H,5,6). The van der Waals surface area contributed by atoms with Gasteiger partial charge in [-0.25, -0.2) is 14.0 Å². The molecule has 2 saturated heterocycles. The molecule has 0 unspecified atom stereocenters. The van der Waals surface area contributed by atoms with Crippen molar-refractivity contribution in [3.05, 3.63) is 65.5 Å². The minimum atomic E-state index is -1.82. The lowest BCUT2D eigenvalue weighted by molar-refractivity contribution is -0.260. The first kappa shape index (κ1) is 34.9. The third-order valence-electron chi connectivity index (χ3n) is 7.61. The molecule has 0 aromatic heterocycles. The first-order valence-electron chi connectivity index (χ1n) is 15.2. The van der Waals surface area contributed by atoms with Crippen molar-refractivity contribution in [1.29, 1.82) is 0 Å². The average Bonchev–Trinajstić information content (AvgIpc) is 3.00. The van der Waals surface area contributed by atoms with Crippen LogP contribution in [0.4, 0.5) is 4.39 Å². The molecule has 0 spiro atoms. The summed E-state index contributed by atoms with van der Waals surface area (Å²) >= 11 is 0. The van der Waals surface area contributed by atoms with E-state index >= 15 is 0 Å². The molecule has 44 heavy (non-hydrogen) atoms. The van der Waals surface area contributed by atoms with Gasteiger partial charge in [0.25, 0.3) is 0 Å². The van der Waals surface area contributed by atoms with Gasteiger partial charge in [0.05, 0.1) is 26.2 Å². The number of ether oxygens (including phenoxy) is 3. The van der Waals surface area contributed by atoms with Gasteiger partial charge in [0.1, 0.15) is 11.6 Å². The van der Waals surface area contributed by atoms with Crippen molar-refractivity contribution in [2.24, 2.45) is 5.92 Å². The lowest BCUT2D eigenvalue weighted by Crippen LogP contribution is -2.48. The Balaban J connectivity index is 0.000000801. The van der Waals surface area contributed by atoms with Gasteiger partial charge in [0.15, 0.2) is 5.79 Å². The normalized spacial score (nSPS) is 16.9. The Hall–Kier alpha value is -3.54. The van der Waals surface area contributed by atoms with Crippen molar-refractivity contribution < 1.29 is 43.2 Å². The highest BCUT2D eigenvalue weighted by Crippen LogP contribution is 2.25. The van der Waals surface area contributed by atoms with Crippen molar-refractivity contribution in [3.63, 3.8) is 0 Å². The molecule has 1 amide bonds. The van der Waals surface area contributed by atoms with E-state index in [1.54, 1.807) is 12.1 Å². The Kier molecular flexibility index (Phi) is 13.6. The average molecular weight is 617 g/mol. The number of carbonyl (C=O) groups excluding carboxylic acids is 1. The summed E-state index contributed by atoms with van der Waals surface area (Å²) < 4.78 is 31.1. The maximum absolute atomic E-state index is 13.6. The lowest BCUT2D eigenvalue weighted by Gasteiger charge is -2.40. The van der Waals surface area contributed by atoms with Crippen LogP contribution < -0.4 is 4.74 Å². The molecule has 10 nitrogen and oxygen atoms in total. The van der Waals surface area contributed by atoms with Crippen LogP contribution in [0.15, 0.2) is 48.5 Å². The van der Waals surface area contributed by atoms with Gasteiger partial charge in [-0.05, 0) is 67.5 Å². The molecule has 2 aliphatic rings. The van der Waals surface area contributed by atoms with Gasteiger partial charge in [-0.15, -0.1) is 0 Å². The molecule has 0 saturated carbocycles. The topological polar surface area (TPSA) is 126 Å². The number of halogens is 1. The fourth-order valence-corrected chi connectivity index (χ4v) is 5.09. The predicted molar refractivity (Wildman–Crippen MR) is 162 cm³/mol. The Labute approximate surface area is 258 Å². The quantitative estimate of drug-likeness (QED) is 0.349. The number of benzene rings is 2. The fraction of sp³-hybridized carbons (Fsp3) is 0.545. The number of carboxylic acid groups (broad SMARTS) is 2. The number of nitrogens with zero attached hydrogens (tertiary/aromatic N) is 2. The summed E-state index contributed by atoms with van der Waals surface area (Å²) in [5.74, 6) is -3.03. The smallest absolute Gasteiger partial charge is 0.414 e. The van der Waals surface area contributed by atoms with Crippen LogP contribution in [-0.4, -0.2) is 89.1 Å².